The number of anilines is 3. The van der Waals surface area contributed by atoms with Crippen molar-refractivity contribution < 1.29 is 0 Å². The van der Waals surface area contributed by atoms with E-state index < -0.39 is 5.41 Å². The van der Waals surface area contributed by atoms with Crippen LogP contribution < -0.4 is 4.90 Å². The first-order valence-corrected chi connectivity index (χ1v) is 24.3. The molecule has 14 rings (SSSR count). The van der Waals surface area contributed by atoms with Crippen molar-refractivity contribution in [1.29, 1.82) is 0 Å². The van der Waals surface area contributed by atoms with Crippen LogP contribution in [0.25, 0.3) is 88.3 Å². The van der Waals surface area contributed by atoms with Gasteiger partial charge < -0.3 is 4.90 Å². The quantitative estimate of drug-likeness (QED) is 0.154. The van der Waals surface area contributed by atoms with Crippen LogP contribution in [0.4, 0.5) is 17.1 Å². The maximum Gasteiger partial charge on any atom is 0.0726 e. The zero-order valence-electron chi connectivity index (χ0n) is 38.4. The van der Waals surface area contributed by atoms with Crippen LogP contribution in [-0.4, -0.2) is 0 Å². The molecule has 0 fully saturated rings. The van der Waals surface area contributed by atoms with E-state index in [1.165, 1.54) is 111 Å². The molecule has 0 N–H and O–H groups in total. The van der Waals surface area contributed by atoms with E-state index in [1.807, 2.05) is 0 Å². The van der Waals surface area contributed by atoms with Crippen molar-refractivity contribution in [2.45, 2.75) is 5.41 Å². The first-order valence-electron chi connectivity index (χ1n) is 24.3. The van der Waals surface area contributed by atoms with E-state index in [-0.39, 0.29) is 0 Å². The van der Waals surface area contributed by atoms with Crippen molar-refractivity contribution in [1.82, 2.24) is 0 Å². The third-order valence-corrected chi connectivity index (χ3v) is 15.1. The molecule has 1 heteroatoms. The molecule has 1 nitrogen and oxygen atoms in total. The Bertz CT molecular complexity index is 3960. The number of nitrogens with zero attached hydrogens (tertiary/aromatic N) is 1. The van der Waals surface area contributed by atoms with Gasteiger partial charge in [-0.3, -0.25) is 0 Å². The van der Waals surface area contributed by atoms with Gasteiger partial charge in [-0.1, -0.05) is 231 Å². The molecule has 326 valence electrons. The van der Waals surface area contributed by atoms with Crippen molar-refractivity contribution in [2.75, 3.05) is 4.90 Å². The minimum atomic E-state index is -0.518. The highest BCUT2D eigenvalue weighted by atomic mass is 15.1. The average molecular weight is 888 g/mol. The minimum absolute atomic E-state index is 0.518. The fraction of sp³-hybridized carbons (Fsp3) is 0.0145. The molecule has 0 heterocycles. The van der Waals surface area contributed by atoms with Crippen molar-refractivity contribution >= 4 is 38.6 Å². The molecular formula is C69H45N. The van der Waals surface area contributed by atoms with E-state index in [0.717, 1.165) is 17.1 Å². The second-order valence-electron chi connectivity index (χ2n) is 18.7. The summed E-state index contributed by atoms with van der Waals surface area (Å²) in [5, 5.41) is 4.99. The predicted octanol–water partition coefficient (Wildman–Crippen LogP) is 18.5. The van der Waals surface area contributed by atoms with Crippen LogP contribution in [0.5, 0.6) is 0 Å². The smallest absolute Gasteiger partial charge is 0.0726 e. The van der Waals surface area contributed by atoms with Crippen LogP contribution in [0.15, 0.2) is 273 Å². The average Bonchev–Trinajstić information content (AvgIpc) is 3.90. The van der Waals surface area contributed by atoms with Crippen molar-refractivity contribution in [3.05, 3.63) is 295 Å². The van der Waals surface area contributed by atoms with Gasteiger partial charge in [-0.2, -0.15) is 0 Å². The van der Waals surface area contributed by atoms with Gasteiger partial charge in [0, 0.05) is 17.1 Å². The second-order valence-corrected chi connectivity index (χ2v) is 18.7. The van der Waals surface area contributed by atoms with E-state index in [9.17, 15) is 0 Å². The first kappa shape index (κ1) is 40.1. The molecule has 12 aromatic rings. The van der Waals surface area contributed by atoms with Gasteiger partial charge in [-0.25, -0.2) is 0 Å². The number of fused-ring (bicyclic) bond motifs is 12. The Morgan fingerprint density at radius 2 is 0.671 bits per heavy atom. The summed E-state index contributed by atoms with van der Waals surface area (Å²) in [4.78, 5) is 2.45. The summed E-state index contributed by atoms with van der Waals surface area (Å²) < 4.78 is 0. The lowest BCUT2D eigenvalue weighted by atomic mass is 9.70. The Balaban J connectivity index is 0.968. The molecule has 0 saturated carbocycles. The fourth-order valence-electron chi connectivity index (χ4n) is 12.0. The van der Waals surface area contributed by atoms with Crippen LogP contribution in [0, 0.1) is 0 Å². The first-order chi connectivity index (χ1) is 34.7. The predicted molar refractivity (Wildman–Crippen MR) is 294 cm³/mol. The molecule has 1 spiro atoms. The molecule has 0 amide bonds. The third-order valence-electron chi connectivity index (χ3n) is 15.1. The normalized spacial score (nSPS) is 14.1. The Hall–Kier alpha value is -9.04. The Kier molecular flexibility index (Phi) is 9.19. The maximum atomic E-state index is 2.50. The van der Waals surface area contributed by atoms with Gasteiger partial charge in [-0.05, 0) is 153 Å². The molecule has 0 aliphatic heterocycles. The highest BCUT2D eigenvalue weighted by Crippen LogP contribution is 2.64. The molecule has 2 aliphatic carbocycles. The molecule has 70 heavy (non-hydrogen) atoms. The van der Waals surface area contributed by atoms with E-state index >= 15 is 0 Å². The summed E-state index contributed by atoms with van der Waals surface area (Å²) >= 11 is 0. The summed E-state index contributed by atoms with van der Waals surface area (Å²) in [5.74, 6) is 0. The SMILES string of the molecule is c1ccc(-c2ccc3c(c2)C2(c4ccccc4-3)c3ccccc3-c3ccc(N(c4ccc(-c5ccc6ccccc6c5-c5ccccc5)cc4)c4ccc(-c5cccc6ccccc56)cc4)cc32)cc1. The number of benzene rings is 12. The third kappa shape index (κ3) is 6.12. The molecule has 1 unspecified atom stereocenters. The van der Waals surface area contributed by atoms with Gasteiger partial charge in [0.25, 0.3) is 0 Å². The topological polar surface area (TPSA) is 3.24 Å². The van der Waals surface area contributed by atoms with E-state index in [4.69, 9.17) is 0 Å². The molecule has 1 atom stereocenters. The van der Waals surface area contributed by atoms with Gasteiger partial charge in [0.15, 0.2) is 0 Å². The van der Waals surface area contributed by atoms with Crippen molar-refractivity contribution in [3.63, 3.8) is 0 Å². The van der Waals surface area contributed by atoms with Crippen LogP contribution in [-0.2, 0) is 5.41 Å². The monoisotopic (exact) mass is 887 g/mol. The van der Waals surface area contributed by atoms with Gasteiger partial charge in [-0.15, -0.1) is 0 Å². The minimum Gasteiger partial charge on any atom is -0.310 e. The second kappa shape index (κ2) is 16.0. The number of hydrogen-bond donors (Lipinski definition) is 0. The summed E-state index contributed by atoms with van der Waals surface area (Å²) in [6, 6.07) is 101. The maximum absolute atomic E-state index is 2.50. The van der Waals surface area contributed by atoms with Crippen molar-refractivity contribution in [3.8, 4) is 66.8 Å². The number of rotatable bonds is 7. The standard InChI is InChI=1S/C69H45N/c1-3-16-46(17-4-1)52-35-42-62-60-25-11-13-28-64(60)69(66(62)44-52)65-29-14-12-26-61(65)63-43-40-55(45-67(63)69)70(53-36-30-49(31-37-53)57-27-15-22-47-18-7-9-23-56(47)57)54-38-32-50(33-39-54)59-41-34-48-19-8-10-24-58(48)68(59)51-20-5-2-6-21-51/h1-45H. The lowest BCUT2D eigenvalue weighted by molar-refractivity contribution is 0.794. The molecule has 0 aromatic heterocycles. The van der Waals surface area contributed by atoms with E-state index in [2.05, 4.69) is 278 Å². The molecule has 2 aliphatic rings. The summed E-state index contributed by atoms with van der Waals surface area (Å²) in [5.41, 5.74) is 23.0. The largest absolute Gasteiger partial charge is 0.310 e. The highest BCUT2D eigenvalue weighted by molar-refractivity contribution is 6.05. The zero-order chi connectivity index (χ0) is 46.2. The molecule has 0 bridgehead atoms. The number of hydrogen-bond acceptors (Lipinski definition) is 1. The van der Waals surface area contributed by atoms with Gasteiger partial charge in [0.2, 0.25) is 0 Å². The highest BCUT2D eigenvalue weighted by Gasteiger charge is 2.52. The van der Waals surface area contributed by atoms with Gasteiger partial charge >= 0.3 is 0 Å². The Morgan fingerprint density at radius 3 is 1.34 bits per heavy atom. The fourth-order valence-corrected chi connectivity index (χ4v) is 12.0. The Morgan fingerprint density at radius 1 is 0.229 bits per heavy atom. The van der Waals surface area contributed by atoms with Crippen molar-refractivity contribution in [2.24, 2.45) is 0 Å². The van der Waals surface area contributed by atoms with E-state index in [1.54, 1.807) is 0 Å². The van der Waals surface area contributed by atoms with E-state index in [0.29, 0.717) is 0 Å². The lowest BCUT2D eigenvalue weighted by Crippen LogP contribution is -2.26. The zero-order valence-corrected chi connectivity index (χ0v) is 38.4. The molecule has 0 radical (unpaired) electrons. The summed E-state index contributed by atoms with van der Waals surface area (Å²) in [6.45, 7) is 0. The molecule has 12 aromatic carbocycles. The molecular weight excluding hydrogens is 843 g/mol. The Labute approximate surface area is 408 Å². The summed E-state index contributed by atoms with van der Waals surface area (Å²) in [6.07, 6.45) is 0. The molecule has 0 saturated heterocycles. The van der Waals surface area contributed by atoms with Crippen LogP contribution >= 0.6 is 0 Å². The van der Waals surface area contributed by atoms with Crippen LogP contribution in [0.3, 0.4) is 0 Å². The van der Waals surface area contributed by atoms with Crippen LogP contribution in [0.2, 0.25) is 0 Å². The van der Waals surface area contributed by atoms with Gasteiger partial charge in [0.05, 0.1) is 5.41 Å². The van der Waals surface area contributed by atoms with Crippen LogP contribution in [0.1, 0.15) is 22.3 Å². The van der Waals surface area contributed by atoms with Gasteiger partial charge in [0.1, 0.15) is 0 Å². The summed E-state index contributed by atoms with van der Waals surface area (Å²) in [7, 11) is 0. The lowest BCUT2D eigenvalue weighted by Gasteiger charge is -2.32.